The number of nitrogens with zero attached hydrogens (tertiary/aromatic N) is 2. The summed E-state index contributed by atoms with van der Waals surface area (Å²) in [4.78, 5) is 44.8. The molecule has 1 aromatic heterocycles. The van der Waals surface area contributed by atoms with Crippen molar-refractivity contribution in [3.8, 4) is 11.5 Å². The topological polar surface area (TPSA) is 106 Å². The molecule has 36 heavy (non-hydrogen) atoms. The number of ether oxygens (including phenoxy) is 2. The van der Waals surface area contributed by atoms with E-state index in [0.717, 1.165) is 11.3 Å². The molecular formula is C27H26N2O6S. The summed E-state index contributed by atoms with van der Waals surface area (Å²) >= 11 is 1.04. The van der Waals surface area contributed by atoms with E-state index in [4.69, 9.17) is 9.47 Å². The Balaban J connectivity index is 1.91. The van der Waals surface area contributed by atoms with E-state index in [1.165, 1.54) is 11.8 Å². The smallest absolute Gasteiger partial charge is 0.301 e. The second-order valence-electron chi connectivity index (χ2n) is 8.10. The van der Waals surface area contributed by atoms with Gasteiger partial charge in [-0.2, -0.15) is 0 Å². The zero-order chi connectivity index (χ0) is 26.0. The Morgan fingerprint density at radius 2 is 1.72 bits per heavy atom. The number of carbonyl (C=O) groups excluding carboxylic acids is 3. The third kappa shape index (κ3) is 4.61. The first kappa shape index (κ1) is 25.1. The SMILES string of the molecule is CCOc1ccc(/C(O)=C2\C(=O)C(=O)N(c3nc(C)c(C(C)=O)s3)C2c2cccc(OCC)c2)cc1. The van der Waals surface area contributed by atoms with Crippen LogP contribution in [0.3, 0.4) is 0 Å². The van der Waals surface area contributed by atoms with Crippen molar-refractivity contribution in [3.63, 3.8) is 0 Å². The molecule has 9 heteroatoms. The number of aromatic nitrogens is 1. The normalized spacial score (nSPS) is 16.9. The quantitative estimate of drug-likeness (QED) is 0.197. The molecule has 1 unspecified atom stereocenters. The maximum Gasteiger partial charge on any atom is 0.301 e. The lowest BCUT2D eigenvalue weighted by molar-refractivity contribution is -0.132. The zero-order valence-corrected chi connectivity index (χ0v) is 21.2. The molecule has 1 amide bonds. The molecule has 8 nitrogen and oxygen atoms in total. The Labute approximate surface area is 212 Å². The van der Waals surface area contributed by atoms with Crippen molar-refractivity contribution in [2.24, 2.45) is 0 Å². The number of aliphatic hydroxyl groups is 1. The molecule has 0 radical (unpaired) electrons. The third-order valence-electron chi connectivity index (χ3n) is 5.68. The van der Waals surface area contributed by atoms with E-state index in [-0.39, 0.29) is 22.2 Å². The van der Waals surface area contributed by atoms with Crippen LogP contribution in [0.25, 0.3) is 5.76 Å². The highest BCUT2D eigenvalue weighted by atomic mass is 32.1. The maximum absolute atomic E-state index is 13.3. The molecule has 2 heterocycles. The fraction of sp³-hybridized carbons (Fsp3) is 0.259. The van der Waals surface area contributed by atoms with Gasteiger partial charge in [0.15, 0.2) is 10.9 Å². The number of carbonyl (C=O) groups is 3. The van der Waals surface area contributed by atoms with Crippen LogP contribution < -0.4 is 14.4 Å². The lowest BCUT2D eigenvalue weighted by Crippen LogP contribution is -2.29. The molecule has 0 spiro atoms. The van der Waals surface area contributed by atoms with Crippen molar-refractivity contribution in [1.82, 2.24) is 4.98 Å². The predicted octanol–water partition coefficient (Wildman–Crippen LogP) is 5.08. The monoisotopic (exact) mass is 506 g/mol. The first-order valence-corrected chi connectivity index (χ1v) is 12.3. The van der Waals surface area contributed by atoms with Gasteiger partial charge in [0, 0.05) is 12.5 Å². The minimum atomic E-state index is -0.970. The Kier molecular flexibility index (Phi) is 7.21. The van der Waals surface area contributed by atoms with Gasteiger partial charge in [0.1, 0.15) is 17.3 Å². The number of aliphatic hydroxyl groups excluding tert-OH is 1. The van der Waals surface area contributed by atoms with Crippen LogP contribution in [0.15, 0.2) is 54.1 Å². The summed E-state index contributed by atoms with van der Waals surface area (Å²) in [7, 11) is 0. The molecule has 3 aromatic rings. The Bertz CT molecular complexity index is 1360. The summed E-state index contributed by atoms with van der Waals surface area (Å²) in [6.45, 7) is 7.74. The zero-order valence-electron chi connectivity index (χ0n) is 20.4. The molecule has 186 valence electrons. The van der Waals surface area contributed by atoms with Gasteiger partial charge in [-0.15, -0.1) is 0 Å². The van der Waals surface area contributed by atoms with E-state index in [1.54, 1.807) is 55.5 Å². The average Bonchev–Trinajstić information content (AvgIpc) is 3.37. The summed E-state index contributed by atoms with van der Waals surface area (Å²) in [5.74, 6) is -1.00. The maximum atomic E-state index is 13.3. The molecule has 1 N–H and O–H groups in total. The van der Waals surface area contributed by atoms with E-state index >= 15 is 0 Å². The second-order valence-corrected chi connectivity index (χ2v) is 9.08. The van der Waals surface area contributed by atoms with Gasteiger partial charge in [-0.25, -0.2) is 4.98 Å². The molecule has 1 aliphatic heterocycles. The number of benzene rings is 2. The first-order valence-electron chi connectivity index (χ1n) is 11.5. The first-order chi connectivity index (χ1) is 17.3. The Hall–Kier alpha value is -3.98. The van der Waals surface area contributed by atoms with Crippen LogP contribution in [0.2, 0.25) is 0 Å². The van der Waals surface area contributed by atoms with Crippen LogP contribution in [0.5, 0.6) is 11.5 Å². The van der Waals surface area contributed by atoms with E-state index in [9.17, 15) is 19.5 Å². The lowest BCUT2D eigenvalue weighted by Gasteiger charge is -2.23. The largest absolute Gasteiger partial charge is 0.507 e. The second kappa shape index (κ2) is 10.3. The highest BCUT2D eigenvalue weighted by Crippen LogP contribution is 2.44. The number of ketones is 2. The summed E-state index contributed by atoms with van der Waals surface area (Å²) in [6.07, 6.45) is 0. The molecule has 1 atom stereocenters. The van der Waals surface area contributed by atoms with Gasteiger partial charge < -0.3 is 14.6 Å². The predicted molar refractivity (Wildman–Crippen MR) is 137 cm³/mol. The fourth-order valence-electron chi connectivity index (χ4n) is 4.13. The van der Waals surface area contributed by atoms with Crippen molar-refractivity contribution >= 4 is 39.7 Å². The van der Waals surface area contributed by atoms with Crippen LogP contribution in [0.1, 0.15) is 53.3 Å². The third-order valence-corrected chi connectivity index (χ3v) is 6.94. The highest BCUT2D eigenvalue weighted by Gasteiger charge is 2.48. The number of aryl methyl sites for hydroxylation is 1. The van der Waals surface area contributed by atoms with E-state index < -0.39 is 17.7 Å². The highest BCUT2D eigenvalue weighted by molar-refractivity contribution is 7.18. The van der Waals surface area contributed by atoms with Gasteiger partial charge >= 0.3 is 5.91 Å². The molecule has 0 saturated carbocycles. The molecule has 4 rings (SSSR count). The van der Waals surface area contributed by atoms with Crippen molar-refractivity contribution in [2.45, 2.75) is 33.7 Å². The van der Waals surface area contributed by atoms with Gasteiger partial charge in [-0.05, 0) is 62.7 Å². The van der Waals surface area contributed by atoms with Crippen LogP contribution in [-0.4, -0.2) is 40.8 Å². The van der Waals surface area contributed by atoms with Gasteiger partial charge in [-0.1, -0.05) is 23.5 Å². The van der Waals surface area contributed by atoms with E-state index in [0.29, 0.717) is 46.4 Å². The molecule has 1 fully saturated rings. The van der Waals surface area contributed by atoms with Crippen molar-refractivity contribution in [1.29, 1.82) is 0 Å². The summed E-state index contributed by atoms with van der Waals surface area (Å²) in [6, 6.07) is 12.7. The minimum Gasteiger partial charge on any atom is -0.507 e. The number of amides is 1. The average molecular weight is 507 g/mol. The molecule has 1 saturated heterocycles. The fourth-order valence-corrected chi connectivity index (χ4v) is 5.12. The Morgan fingerprint density at radius 1 is 1.06 bits per heavy atom. The van der Waals surface area contributed by atoms with E-state index in [1.807, 2.05) is 13.8 Å². The number of Topliss-reactive ketones (excluding diaryl/α,β-unsaturated/α-hetero) is 2. The van der Waals surface area contributed by atoms with E-state index in [2.05, 4.69) is 4.98 Å². The number of rotatable bonds is 8. The number of anilines is 1. The number of hydrogen-bond donors (Lipinski definition) is 1. The molecule has 2 aromatic carbocycles. The van der Waals surface area contributed by atoms with Gasteiger partial charge in [-0.3, -0.25) is 19.3 Å². The summed E-state index contributed by atoms with van der Waals surface area (Å²) < 4.78 is 11.1. The molecule has 0 bridgehead atoms. The number of hydrogen-bond acceptors (Lipinski definition) is 8. The van der Waals surface area contributed by atoms with Crippen LogP contribution in [-0.2, 0) is 9.59 Å². The summed E-state index contributed by atoms with van der Waals surface area (Å²) in [5, 5.41) is 11.5. The van der Waals surface area contributed by atoms with Crippen LogP contribution in [0, 0.1) is 6.92 Å². The summed E-state index contributed by atoms with van der Waals surface area (Å²) in [5.41, 5.74) is 1.32. The lowest BCUT2D eigenvalue weighted by atomic mass is 9.95. The molecular weight excluding hydrogens is 480 g/mol. The van der Waals surface area contributed by atoms with Gasteiger partial charge in [0.2, 0.25) is 0 Å². The Morgan fingerprint density at radius 3 is 2.33 bits per heavy atom. The molecule has 0 aliphatic carbocycles. The minimum absolute atomic E-state index is 0.0740. The van der Waals surface area contributed by atoms with Crippen molar-refractivity contribution < 1.29 is 29.0 Å². The van der Waals surface area contributed by atoms with Crippen molar-refractivity contribution in [2.75, 3.05) is 18.1 Å². The number of thiazole rings is 1. The van der Waals surface area contributed by atoms with Crippen LogP contribution >= 0.6 is 11.3 Å². The van der Waals surface area contributed by atoms with Gasteiger partial charge in [0.25, 0.3) is 5.78 Å². The molecule has 1 aliphatic rings. The van der Waals surface area contributed by atoms with Crippen LogP contribution in [0.4, 0.5) is 5.13 Å². The van der Waals surface area contributed by atoms with Gasteiger partial charge in [0.05, 0.1) is 35.4 Å². The van der Waals surface area contributed by atoms with Crippen molar-refractivity contribution in [3.05, 3.63) is 75.8 Å². The standard InChI is InChI=1S/C27H26N2O6S/c1-5-34-19-12-10-17(11-13-19)23(31)21-22(18-8-7-9-20(14-18)35-6-2)29(26(33)24(21)32)27-28-15(3)25(36-27)16(4)30/h7-14,22,31H,5-6H2,1-4H3/b23-21+.